The van der Waals surface area contributed by atoms with Gasteiger partial charge >= 0.3 is 0 Å². The van der Waals surface area contributed by atoms with Gasteiger partial charge in [-0.25, -0.2) is 8.42 Å². The molecule has 0 aromatic heterocycles. The van der Waals surface area contributed by atoms with Crippen LogP contribution in [0.2, 0.25) is 0 Å². The first-order valence-corrected chi connectivity index (χ1v) is 12.1. The molecule has 2 aromatic carbocycles. The molecule has 0 bridgehead atoms. The summed E-state index contributed by atoms with van der Waals surface area (Å²) < 4.78 is 28.2. The zero-order valence-corrected chi connectivity index (χ0v) is 18.4. The summed E-state index contributed by atoms with van der Waals surface area (Å²) in [4.78, 5) is 27.6. The van der Waals surface area contributed by atoms with Crippen LogP contribution in [0.1, 0.15) is 24.0 Å². The zero-order chi connectivity index (χ0) is 21.5. The highest BCUT2D eigenvalue weighted by Gasteiger charge is 2.37. The quantitative estimate of drug-likeness (QED) is 0.705. The van der Waals surface area contributed by atoms with Gasteiger partial charge in [0.25, 0.3) is 10.0 Å². The number of anilines is 2. The fraction of sp³-hybridized carbons (Fsp3) is 0.333. The monoisotopic (exact) mass is 445 g/mol. The molecule has 1 unspecified atom stereocenters. The highest BCUT2D eigenvalue weighted by molar-refractivity contribution is 8.01. The summed E-state index contributed by atoms with van der Waals surface area (Å²) in [7, 11) is -3.82. The van der Waals surface area contributed by atoms with E-state index in [0.717, 1.165) is 24.0 Å². The number of benzene rings is 2. The average molecular weight is 446 g/mol. The smallest absolute Gasteiger partial charge is 0.261 e. The lowest BCUT2D eigenvalue weighted by molar-refractivity contribution is -0.133. The molecule has 0 aliphatic carbocycles. The van der Waals surface area contributed by atoms with Gasteiger partial charge in [-0.05, 0) is 68.1 Å². The fourth-order valence-corrected chi connectivity index (χ4v) is 5.67. The van der Waals surface area contributed by atoms with E-state index < -0.39 is 21.2 Å². The van der Waals surface area contributed by atoms with Crippen LogP contribution < -0.4 is 10.0 Å². The molecule has 2 N–H and O–H groups in total. The van der Waals surface area contributed by atoms with Crippen molar-refractivity contribution in [3.05, 3.63) is 47.5 Å². The van der Waals surface area contributed by atoms with E-state index in [9.17, 15) is 18.0 Å². The number of nitrogens with one attached hydrogen (secondary N) is 2. The maximum Gasteiger partial charge on any atom is 0.261 e. The molecule has 0 saturated carbocycles. The van der Waals surface area contributed by atoms with Crippen molar-refractivity contribution in [1.29, 1.82) is 0 Å². The first-order valence-electron chi connectivity index (χ1n) is 9.75. The van der Waals surface area contributed by atoms with E-state index in [1.165, 1.54) is 23.9 Å². The maximum atomic E-state index is 12.8. The van der Waals surface area contributed by atoms with Gasteiger partial charge in [-0.15, -0.1) is 11.8 Å². The predicted octanol–water partition coefficient (Wildman–Crippen LogP) is 3.14. The van der Waals surface area contributed by atoms with Gasteiger partial charge < -0.3 is 10.2 Å². The molecule has 7 nitrogen and oxygen atoms in total. The maximum absolute atomic E-state index is 12.8. The van der Waals surface area contributed by atoms with Crippen molar-refractivity contribution in [3.8, 4) is 0 Å². The molecule has 1 fully saturated rings. The summed E-state index contributed by atoms with van der Waals surface area (Å²) in [5, 5.41) is 1.87. The minimum atomic E-state index is -3.82. The third-order valence-electron chi connectivity index (χ3n) is 5.40. The number of nitrogens with zero attached hydrogens (tertiary/aromatic N) is 1. The SMILES string of the molecule is Cc1ccc(NS(=O)(=O)c2ccc3c(c2)NC(=O)C(C(=O)N2CCCC2)S3)cc1C. The minimum absolute atomic E-state index is 0.0460. The number of fused-ring (bicyclic) bond motifs is 1. The van der Waals surface area contributed by atoms with E-state index in [1.54, 1.807) is 23.1 Å². The first kappa shape index (κ1) is 20.7. The van der Waals surface area contributed by atoms with Crippen molar-refractivity contribution in [2.75, 3.05) is 23.1 Å². The second-order valence-electron chi connectivity index (χ2n) is 7.58. The molecule has 158 valence electrons. The van der Waals surface area contributed by atoms with E-state index in [-0.39, 0.29) is 10.8 Å². The Morgan fingerprint density at radius 2 is 1.83 bits per heavy atom. The molecule has 2 aliphatic heterocycles. The summed E-state index contributed by atoms with van der Waals surface area (Å²) >= 11 is 1.17. The van der Waals surface area contributed by atoms with Crippen molar-refractivity contribution >= 4 is 45.0 Å². The van der Waals surface area contributed by atoms with E-state index in [2.05, 4.69) is 10.0 Å². The van der Waals surface area contributed by atoms with E-state index in [1.807, 2.05) is 19.9 Å². The molecular formula is C21H23N3O4S2. The van der Waals surface area contributed by atoms with E-state index >= 15 is 0 Å². The highest BCUT2D eigenvalue weighted by atomic mass is 32.2. The molecule has 1 saturated heterocycles. The standard InChI is InChI=1S/C21H23N3O4S2/c1-13-5-6-15(11-14(13)2)23-30(27,28)16-7-8-18-17(12-16)22-20(25)19(29-18)21(26)24-9-3-4-10-24/h5-8,11-12,19,23H,3-4,9-10H2,1-2H3,(H,22,25). The van der Waals surface area contributed by atoms with Crippen LogP contribution in [0.15, 0.2) is 46.2 Å². The lowest BCUT2D eigenvalue weighted by Gasteiger charge is -2.27. The molecule has 0 spiro atoms. The van der Waals surface area contributed by atoms with Crippen LogP contribution in [-0.2, 0) is 19.6 Å². The number of rotatable bonds is 4. The average Bonchev–Trinajstić information content (AvgIpc) is 3.24. The Bertz CT molecular complexity index is 1130. The Balaban J connectivity index is 1.55. The van der Waals surface area contributed by atoms with Gasteiger partial charge in [-0.2, -0.15) is 0 Å². The van der Waals surface area contributed by atoms with Gasteiger partial charge in [0.15, 0.2) is 5.25 Å². The Labute approximate surface area is 180 Å². The van der Waals surface area contributed by atoms with Gasteiger partial charge in [-0.3, -0.25) is 14.3 Å². The molecule has 2 aliphatic rings. The molecule has 9 heteroatoms. The molecule has 2 heterocycles. The van der Waals surface area contributed by atoms with Crippen molar-refractivity contribution in [2.45, 2.75) is 41.7 Å². The Morgan fingerprint density at radius 1 is 1.10 bits per heavy atom. The zero-order valence-electron chi connectivity index (χ0n) is 16.8. The molecule has 2 aromatic rings. The van der Waals surface area contributed by atoms with Crippen LogP contribution >= 0.6 is 11.8 Å². The Morgan fingerprint density at radius 3 is 2.53 bits per heavy atom. The summed E-state index contributed by atoms with van der Waals surface area (Å²) in [6.45, 7) is 5.23. The lowest BCUT2D eigenvalue weighted by atomic mass is 10.1. The minimum Gasteiger partial charge on any atom is -0.341 e. The van der Waals surface area contributed by atoms with Crippen molar-refractivity contribution in [2.24, 2.45) is 0 Å². The van der Waals surface area contributed by atoms with Gasteiger partial charge in [0.2, 0.25) is 11.8 Å². The number of thioether (sulfide) groups is 1. The van der Waals surface area contributed by atoms with Crippen LogP contribution in [0, 0.1) is 13.8 Å². The first-order chi connectivity index (χ1) is 14.2. The number of carbonyl (C=O) groups excluding carboxylic acids is 2. The Kier molecular flexibility index (Phi) is 5.50. The van der Waals surface area contributed by atoms with Crippen molar-refractivity contribution in [3.63, 3.8) is 0 Å². The molecule has 4 rings (SSSR count). The van der Waals surface area contributed by atoms with Crippen LogP contribution in [0.4, 0.5) is 11.4 Å². The number of hydrogen-bond donors (Lipinski definition) is 2. The predicted molar refractivity (Wildman–Crippen MR) is 117 cm³/mol. The molecule has 1 atom stereocenters. The highest BCUT2D eigenvalue weighted by Crippen LogP contribution is 2.38. The second kappa shape index (κ2) is 7.96. The number of amides is 2. The number of sulfonamides is 1. The van der Waals surface area contributed by atoms with Gasteiger partial charge in [0.05, 0.1) is 10.6 Å². The third kappa shape index (κ3) is 4.04. The number of carbonyl (C=O) groups is 2. The van der Waals surface area contributed by atoms with Crippen molar-refractivity contribution in [1.82, 2.24) is 4.90 Å². The van der Waals surface area contributed by atoms with Gasteiger partial charge in [0.1, 0.15) is 0 Å². The van der Waals surface area contributed by atoms with E-state index in [0.29, 0.717) is 29.4 Å². The molecule has 0 radical (unpaired) electrons. The number of aryl methyl sites for hydroxylation is 2. The number of hydrogen-bond acceptors (Lipinski definition) is 5. The second-order valence-corrected chi connectivity index (χ2v) is 10.4. The summed E-state index contributed by atoms with van der Waals surface area (Å²) in [5.41, 5.74) is 2.94. The van der Waals surface area contributed by atoms with Crippen molar-refractivity contribution < 1.29 is 18.0 Å². The topological polar surface area (TPSA) is 95.6 Å². The molecule has 2 amide bonds. The van der Waals surface area contributed by atoms with E-state index in [4.69, 9.17) is 0 Å². The normalized spacial score (nSPS) is 18.7. The number of likely N-dealkylation sites (tertiary alicyclic amines) is 1. The van der Waals surface area contributed by atoms with Crippen LogP contribution in [0.25, 0.3) is 0 Å². The third-order valence-corrected chi connectivity index (χ3v) is 8.04. The molecule has 30 heavy (non-hydrogen) atoms. The lowest BCUT2D eigenvalue weighted by Crippen LogP contribution is -2.43. The summed E-state index contributed by atoms with van der Waals surface area (Å²) in [5.74, 6) is -0.602. The van der Waals surface area contributed by atoms with Crippen LogP contribution in [-0.4, -0.2) is 43.5 Å². The Hall–Kier alpha value is -2.52. The van der Waals surface area contributed by atoms with Crippen LogP contribution in [0.5, 0.6) is 0 Å². The summed E-state index contributed by atoms with van der Waals surface area (Å²) in [6.07, 6.45) is 1.91. The van der Waals surface area contributed by atoms with Crippen LogP contribution in [0.3, 0.4) is 0 Å². The molecular weight excluding hydrogens is 422 g/mol. The van der Waals surface area contributed by atoms with Gasteiger partial charge in [0, 0.05) is 23.7 Å². The fourth-order valence-electron chi connectivity index (χ4n) is 3.54. The largest absolute Gasteiger partial charge is 0.341 e. The van der Waals surface area contributed by atoms with Gasteiger partial charge in [-0.1, -0.05) is 6.07 Å². The summed E-state index contributed by atoms with van der Waals surface area (Å²) in [6, 6.07) is 9.90.